The number of pyridine rings is 1. The number of halogens is 2. The van der Waals surface area contributed by atoms with Gasteiger partial charge in [0.1, 0.15) is 11.6 Å². The molecule has 1 fully saturated rings. The quantitative estimate of drug-likeness (QED) is 0.192. The lowest BCUT2D eigenvalue weighted by atomic mass is 10.0. The van der Waals surface area contributed by atoms with Gasteiger partial charge in [0.05, 0.1) is 22.7 Å². The predicted molar refractivity (Wildman–Crippen MR) is 165 cm³/mol. The van der Waals surface area contributed by atoms with E-state index in [9.17, 15) is 12.8 Å². The molecule has 0 spiro atoms. The number of rotatable bonds is 11. The first-order valence-electron chi connectivity index (χ1n) is 13.5. The van der Waals surface area contributed by atoms with Crippen LogP contribution in [0.15, 0.2) is 54.9 Å². The number of aromatic nitrogens is 3. The average molecular weight is 617 g/mol. The Morgan fingerprint density at radius 2 is 1.93 bits per heavy atom. The third kappa shape index (κ3) is 7.43. The molecule has 3 N–H and O–H groups in total. The molecule has 0 radical (unpaired) electrons. The van der Waals surface area contributed by atoms with Crippen molar-refractivity contribution < 1.29 is 22.3 Å². The fraction of sp³-hybridized carbons (Fsp3) is 0.345. The van der Waals surface area contributed by atoms with E-state index in [0.29, 0.717) is 39.6 Å². The summed E-state index contributed by atoms with van der Waals surface area (Å²) in [6.07, 6.45) is 5.71. The maximum atomic E-state index is 15.0. The zero-order valence-corrected chi connectivity index (χ0v) is 25.0. The number of methoxy groups -OCH3 is 1. The molecule has 2 aromatic carbocycles. The number of anilines is 2. The fourth-order valence-corrected chi connectivity index (χ4v) is 5.92. The molecule has 0 bridgehead atoms. The highest BCUT2D eigenvalue weighted by molar-refractivity contribution is 7.92. The van der Waals surface area contributed by atoms with Crippen molar-refractivity contribution in [2.75, 3.05) is 42.6 Å². The summed E-state index contributed by atoms with van der Waals surface area (Å²) in [5.74, 6) is 0.373. The highest BCUT2D eigenvalue weighted by Gasteiger charge is 2.20. The molecule has 1 saturated heterocycles. The van der Waals surface area contributed by atoms with Gasteiger partial charge in [-0.3, -0.25) is 4.72 Å². The van der Waals surface area contributed by atoms with Gasteiger partial charge in [0, 0.05) is 49.5 Å². The molecule has 224 valence electrons. The largest absolute Gasteiger partial charge is 0.437 e. The van der Waals surface area contributed by atoms with Crippen LogP contribution < -0.4 is 20.1 Å². The number of sulfonamides is 1. The van der Waals surface area contributed by atoms with Gasteiger partial charge in [0.2, 0.25) is 21.9 Å². The predicted octanol–water partition coefficient (Wildman–Crippen LogP) is 5.30. The number of nitrogens with one attached hydrogen (secondary N) is 3. The van der Waals surface area contributed by atoms with Crippen LogP contribution in [0.4, 0.5) is 16.0 Å². The summed E-state index contributed by atoms with van der Waals surface area (Å²) < 4.78 is 54.1. The highest BCUT2D eigenvalue weighted by Crippen LogP contribution is 2.39. The molecule has 13 heteroatoms. The number of nitrogens with zero attached hydrogens (tertiary/aromatic N) is 3. The molecular formula is C29H34ClFN6O4S. The molecule has 5 rings (SSSR count). The number of piperidine rings is 1. The summed E-state index contributed by atoms with van der Waals surface area (Å²) in [5, 5.41) is 7.67. The molecule has 3 heterocycles. The van der Waals surface area contributed by atoms with Crippen LogP contribution in [0.1, 0.15) is 24.8 Å². The number of aryl methyl sites for hydroxylation is 1. The van der Waals surface area contributed by atoms with Crippen LogP contribution in [0.2, 0.25) is 0 Å². The second-order valence-electron chi connectivity index (χ2n) is 9.91. The van der Waals surface area contributed by atoms with E-state index in [1.54, 1.807) is 42.7 Å². The monoisotopic (exact) mass is 616 g/mol. The number of hydrogen-bond acceptors (Lipinski definition) is 9. The molecule has 1 aliphatic heterocycles. The molecule has 0 aliphatic carbocycles. The van der Waals surface area contributed by atoms with Crippen LogP contribution in [0, 0.1) is 12.7 Å². The van der Waals surface area contributed by atoms with Crippen molar-refractivity contribution in [3.8, 4) is 22.9 Å². The molecule has 2 aromatic heterocycles. The summed E-state index contributed by atoms with van der Waals surface area (Å²) in [5.41, 5.74) is 1.92. The normalized spacial score (nSPS) is 15.2. The van der Waals surface area contributed by atoms with Gasteiger partial charge in [-0.1, -0.05) is 12.1 Å². The zero-order valence-electron chi connectivity index (χ0n) is 23.4. The number of benzene rings is 2. The molecular weight excluding hydrogens is 583 g/mol. The first-order valence-corrected chi connectivity index (χ1v) is 15.1. The molecule has 10 nitrogen and oxygen atoms in total. The van der Waals surface area contributed by atoms with E-state index in [4.69, 9.17) is 14.5 Å². The van der Waals surface area contributed by atoms with Gasteiger partial charge < -0.3 is 20.1 Å². The van der Waals surface area contributed by atoms with E-state index in [2.05, 4.69) is 25.3 Å². The summed E-state index contributed by atoms with van der Waals surface area (Å²) in [7, 11) is -2.31. The van der Waals surface area contributed by atoms with Gasteiger partial charge in [-0.05, 0) is 68.6 Å². The molecule has 4 aromatic rings. The van der Waals surface area contributed by atoms with Crippen LogP contribution >= 0.6 is 12.4 Å². The van der Waals surface area contributed by atoms with Crippen molar-refractivity contribution in [1.29, 1.82) is 0 Å². The molecule has 0 saturated carbocycles. The maximum absolute atomic E-state index is 15.0. The van der Waals surface area contributed by atoms with Crippen molar-refractivity contribution in [3.05, 3.63) is 66.2 Å². The van der Waals surface area contributed by atoms with Crippen LogP contribution in [-0.4, -0.2) is 62.0 Å². The Labute approximate surface area is 250 Å². The fourth-order valence-electron chi connectivity index (χ4n) is 4.80. The van der Waals surface area contributed by atoms with E-state index < -0.39 is 15.8 Å². The molecule has 1 atom stereocenters. The third-order valence-electron chi connectivity index (χ3n) is 6.85. The number of ether oxygens (including phenoxy) is 2. The van der Waals surface area contributed by atoms with E-state index in [1.165, 1.54) is 13.2 Å². The first kappa shape index (κ1) is 31.4. The number of fused-ring (bicyclic) bond motifs is 1. The van der Waals surface area contributed by atoms with Gasteiger partial charge in [-0.2, -0.15) is 0 Å². The van der Waals surface area contributed by atoms with Crippen LogP contribution in [0.3, 0.4) is 0 Å². The Kier molecular flexibility index (Phi) is 10.5. The van der Waals surface area contributed by atoms with E-state index >= 15 is 0 Å². The van der Waals surface area contributed by atoms with Gasteiger partial charge in [-0.15, -0.1) is 12.4 Å². The summed E-state index contributed by atoms with van der Waals surface area (Å²) >= 11 is 0. The Balaban J connectivity index is 0.00000405. The molecule has 42 heavy (non-hydrogen) atoms. The Hall–Kier alpha value is -3.58. The van der Waals surface area contributed by atoms with Crippen molar-refractivity contribution in [3.63, 3.8) is 0 Å². The second kappa shape index (κ2) is 14.1. The van der Waals surface area contributed by atoms with Crippen LogP contribution in [0.25, 0.3) is 22.0 Å². The van der Waals surface area contributed by atoms with Gasteiger partial charge >= 0.3 is 0 Å². The van der Waals surface area contributed by atoms with Crippen LogP contribution in [-0.2, 0) is 14.8 Å². The second-order valence-corrected chi connectivity index (χ2v) is 11.7. The van der Waals surface area contributed by atoms with Gasteiger partial charge in [-0.25, -0.2) is 27.8 Å². The Morgan fingerprint density at radius 3 is 2.71 bits per heavy atom. The number of hydrogen-bond donors (Lipinski definition) is 3. The smallest absolute Gasteiger partial charge is 0.232 e. The van der Waals surface area contributed by atoms with Gasteiger partial charge in [0.15, 0.2) is 0 Å². The standard InChI is InChI=1S/C29H33FN6O4S.ClH/c1-19-8-9-21-22(10-11-24(30)26(21)36-41(37,38)17-5-16-39-2)27(19)40-28-23(7-4-14-32-28)25-12-15-33-29(35-25)34-20-6-3-13-31-18-20;/h4,7-12,14-15,20,31,36H,3,5-6,13,16-18H2,1-2H3,(H,33,34,35);1H/t20-;/m0./s1. The minimum absolute atomic E-state index is 0. The maximum Gasteiger partial charge on any atom is 0.232 e. The van der Waals surface area contributed by atoms with E-state index in [-0.39, 0.29) is 42.9 Å². The summed E-state index contributed by atoms with van der Waals surface area (Å²) in [6, 6.07) is 11.9. The third-order valence-corrected chi connectivity index (χ3v) is 8.19. The average Bonchev–Trinajstić information content (AvgIpc) is 2.97. The topological polar surface area (TPSA) is 127 Å². The Morgan fingerprint density at radius 1 is 1.10 bits per heavy atom. The zero-order chi connectivity index (χ0) is 28.8. The van der Waals surface area contributed by atoms with Crippen molar-refractivity contribution in [2.24, 2.45) is 0 Å². The van der Waals surface area contributed by atoms with E-state index in [0.717, 1.165) is 31.5 Å². The van der Waals surface area contributed by atoms with Crippen molar-refractivity contribution >= 4 is 44.8 Å². The lowest BCUT2D eigenvalue weighted by Crippen LogP contribution is -2.38. The minimum Gasteiger partial charge on any atom is -0.437 e. The summed E-state index contributed by atoms with van der Waals surface area (Å²) in [6.45, 7) is 4.00. The Bertz CT molecular complexity index is 1640. The molecule has 0 amide bonds. The first-order chi connectivity index (χ1) is 19.8. The highest BCUT2D eigenvalue weighted by atomic mass is 35.5. The molecule has 0 unspecified atom stereocenters. The SMILES string of the molecule is COCCCS(=O)(=O)Nc1c(F)ccc2c(Oc3ncccc3-c3ccnc(N[C@H]4CCCNC4)n3)c(C)ccc12.Cl. The lowest BCUT2D eigenvalue weighted by Gasteiger charge is -2.23. The minimum atomic E-state index is -3.81. The molecule has 1 aliphatic rings. The van der Waals surface area contributed by atoms with Crippen molar-refractivity contribution in [2.45, 2.75) is 32.2 Å². The lowest BCUT2D eigenvalue weighted by molar-refractivity contribution is 0.199. The van der Waals surface area contributed by atoms with E-state index in [1.807, 2.05) is 13.0 Å². The van der Waals surface area contributed by atoms with Crippen molar-refractivity contribution in [1.82, 2.24) is 20.3 Å². The van der Waals surface area contributed by atoms with Gasteiger partial charge in [0.25, 0.3) is 0 Å². The summed E-state index contributed by atoms with van der Waals surface area (Å²) in [4.78, 5) is 13.6. The van der Waals surface area contributed by atoms with Crippen LogP contribution in [0.5, 0.6) is 11.6 Å².